The van der Waals surface area contributed by atoms with Crippen LogP contribution in [0.5, 0.6) is 5.75 Å². The summed E-state index contributed by atoms with van der Waals surface area (Å²) in [5, 5.41) is 20.8. The highest BCUT2D eigenvalue weighted by Crippen LogP contribution is 2.38. The van der Waals surface area contributed by atoms with Crippen LogP contribution in [-0.2, 0) is 4.74 Å². The summed E-state index contributed by atoms with van der Waals surface area (Å²) in [5.41, 5.74) is -0.133. The summed E-state index contributed by atoms with van der Waals surface area (Å²) in [6.07, 6.45) is 0. The number of fused-ring (bicyclic) bond motifs is 1. The number of benzene rings is 1. The van der Waals surface area contributed by atoms with E-state index in [9.17, 15) is 20.0 Å². The Bertz CT molecular complexity index is 634. The molecule has 0 atom stereocenters. The summed E-state index contributed by atoms with van der Waals surface area (Å²) in [5.74, 6) is -0.893. The Kier molecular flexibility index (Phi) is 3.15. The van der Waals surface area contributed by atoms with Gasteiger partial charge < -0.3 is 9.84 Å². The van der Waals surface area contributed by atoms with Crippen molar-refractivity contribution < 1.29 is 19.6 Å². The summed E-state index contributed by atoms with van der Waals surface area (Å²) < 4.78 is 5.39. The van der Waals surface area contributed by atoms with Gasteiger partial charge in [0, 0.05) is 22.2 Å². The van der Waals surface area contributed by atoms with Crippen LogP contribution in [0, 0.1) is 10.1 Å². The first-order valence-electron chi connectivity index (χ1n) is 5.11. The van der Waals surface area contributed by atoms with Gasteiger partial charge in [0.15, 0.2) is 4.88 Å². The SMILES string of the molecule is CCOC(=O)c1sc2ccc([N+](=O)[O-])cc2c1O. The van der Waals surface area contributed by atoms with Gasteiger partial charge in [-0.3, -0.25) is 10.1 Å². The second-order valence-corrected chi connectivity index (χ2v) is 4.49. The van der Waals surface area contributed by atoms with Crippen LogP contribution in [0.25, 0.3) is 10.1 Å². The van der Waals surface area contributed by atoms with Gasteiger partial charge in [-0.15, -0.1) is 11.3 Å². The molecule has 1 aromatic heterocycles. The van der Waals surface area contributed by atoms with Crippen molar-refractivity contribution in [1.82, 2.24) is 0 Å². The van der Waals surface area contributed by atoms with E-state index in [1.807, 2.05) is 0 Å². The molecule has 0 saturated carbocycles. The highest BCUT2D eigenvalue weighted by Gasteiger charge is 2.20. The average Bonchev–Trinajstić information content (AvgIpc) is 2.67. The van der Waals surface area contributed by atoms with E-state index in [2.05, 4.69) is 0 Å². The van der Waals surface area contributed by atoms with Crippen LogP contribution in [0.1, 0.15) is 16.6 Å². The van der Waals surface area contributed by atoms with E-state index in [1.54, 1.807) is 6.92 Å². The molecule has 0 aliphatic rings. The Morgan fingerprint density at radius 3 is 2.89 bits per heavy atom. The molecular formula is C11H9NO5S. The average molecular weight is 267 g/mol. The molecule has 2 aromatic rings. The van der Waals surface area contributed by atoms with E-state index in [-0.39, 0.29) is 28.3 Å². The Labute approximate surface area is 106 Å². The molecule has 0 aliphatic heterocycles. The minimum atomic E-state index is -0.626. The van der Waals surface area contributed by atoms with Crippen LogP contribution >= 0.6 is 11.3 Å². The number of nitro groups is 1. The fourth-order valence-electron chi connectivity index (χ4n) is 1.52. The van der Waals surface area contributed by atoms with E-state index >= 15 is 0 Å². The van der Waals surface area contributed by atoms with Crippen LogP contribution in [-0.4, -0.2) is 22.6 Å². The zero-order valence-corrected chi connectivity index (χ0v) is 10.2. The number of esters is 1. The molecule has 0 amide bonds. The molecule has 1 aromatic carbocycles. The summed E-state index contributed by atoms with van der Waals surface area (Å²) in [6.45, 7) is 1.86. The highest BCUT2D eigenvalue weighted by molar-refractivity contribution is 7.21. The number of non-ortho nitro benzene ring substituents is 1. The van der Waals surface area contributed by atoms with Gasteiger partial charge in [0.25, 0.3) is 5.69 Å². The maximum atomic E-state index is 11.5. The summed E-state index contributed by atoms with van der Waals surface area (Å²) >= 11 is 1.05. The van der Waals surface area contributed by atoms with Crippen LogP contribution in [0.2, 0.25) is 0 Å². The third-order valence-electron chi connectivity index (χ3n) is 2.32. The molecule has 6 nitrogen and oxygen atoms in total. The number of rotatable bonds is 3. The molecular weight excluding hydrogens is 258 g/mol. The molecule has 2 rings (SSSR count). The van der Waals surface area contributed by atoms with Crippen molar-refractivity contribution in [1.29, 1.82) is 0 Å². The molecule has 0 spiro atoms. The summed E-state index contributed by atoms with van der Waals surface area (Å²) in [4.78, 5) is 21.7. The van der Waals surface area contributed by atoms with Crippen molar-refractivity contribution in [3.8, 4) is 5.75 Å². The second kappa shape index (κ2) is 4.61. The van der Waals surface area contributed by atoms with Crippen molar-refractivity contribution >= 4 is 33.1 Å². The van der Waals surface area contributed by atoms with Crippen LogP contribution in [0.4, 0.5) is 5.69 Å². The first kappa shape index (κ1) is 12.3. The van der Waals surface area contributed by atoms with Gasteiger partial charge >= 0.3 is 5.97 Å². The first-order chi connectivity index (χ1) is 8.54. The topological polar surface area (TPSA) is 89.7 Å². The maximum absolute atomic E-state index is 11.5. The van der Waals surface area contributed by atoms with E-state index in [1.165, 1.54) is 18.2 Å². The molecule has 1 N–H and O–H groups in total. The molecule has 94 valence electrons. The lowest BCUT2D eigenvalue weighted by Crippen LogP contribution is -2.01. The van der Waals surface area contributed by atoms with E-state index in [0.29, 0.717) is 4.70 Å². The third-order valence-corrected chi connectivity index (χ3v) is 3.46. The van der Waals surface area contributed by atoms with Crippen molar-refractivity contribution in [2.24, 2.45) is 0 Å². The van der Waals surface area contributed by atoms with Crippen LogP contribution in [0.15, 0.2) is 18.2 Å². The molecule has 0 bridgehead atoms. The predicted octanol–water partition coefficient (Wildman–Crippen LogP) is 2.69. The Hall–Kier alpha value is -2.15. The summed E-state index contributed by atoms with van der Waals surface area (Å²) in [7, 11) is 0. The number of carbonyl (C=O) groups excluding carboxylic acids is 1. The standard InChI is InChI=1S/C11H9NO5S/c1-2-17-11(14)10-9(13)7-5-6(12(15)16)3-4-8(7)18-10/h3-5,13H,2H2,1H3. The molecule has 0 aliphatic carbocycles. The van der Waals surface area contributed by atoms with Gasteiger partial charge in [-0.25, -0.2) is 4.79 Å². The van der Waals surface area contributed by atoms with Crippen molar-refractivity contribution in [2.45, 2.75) is 6.92 Å². The van der Waals surface area contributed by atoms with E-state index in [4.69, 9.17) is 4.74 Å². The highest BCUT2D eigenvalue weighted by atomic mass is 32.1. The normalized spacial score (nSPS) is 10.5. The number of aromatic hydroxyl groups is 1. The van der Waals surface area contributed by atoms with Crippen molar-refractivity contribution in [2.75, 3.05) is 6.61 Å². The minimum absolute atomic E-state index is 0.0624. The van der Waals surface area contributed by atoms with Crippen LogP contribution in [0.3, 0.4) is 0 Å². The molecule has 1 heterocycles. The van der Waals surface area contributed by atoms with Gasteiger partial charge in [-0.2, -0.15) is 0 Å². The van der Waals surface area contributed by atoms with Crippen LogP contribution < -0.4 is 0 Å². The molecule has 0 saturated heterocycles. The van der Waals surface area contributed by atoms with E-state index in [0.717, 1.165) is 11.3 Å². The lowest BCUT2D eigenvalue weighted by Gasteiger charge is -1.98. The number of nitrogens with zero attached hydrogens (tertiary/aromatic N) is 1. The van der Waals surface area contributed by atoms with Gasteiger partial charge in [-0.05, 0) is 13.0 Å². The molecule has 18 heavy (non-hydrogen) atoms. The predicted molar refractivity (Wildman–Crippen MR) is 66.1 cm³/mol. The van der Waals surface area contributed by atoms with Gasteiger partial charge in [-0.1, -0.05) is 0 Å². The quantitative estimate of drug-likeness (QED) is 0.524. The summed E-state index contributed by atoms with van der Waals surface area (Å²) in [6, 6.07) is 4.07. The molecule has 0 radical (unpaired) electrons. The van der Waals surface area contributed by atoms with Gasteiger partial charge in [0.1, 0.15) is 5.75 Å². The fraction of sp³-hybridized carbons (Fsp3) is 0.182. The number of thiophene rings is 1. The maximum Gasteiger partial charge on any atom is 0.352 e. The number of carbonyl (C=O) groups is 1. The van der Waals surface area contributed by atoms with E-state index < -0.39 is 10.9 Å². The zero-order valence-electron chi connectivity index (χ0n) is 9.37. The molecule has 0 unspecified atom stereocenters. The minimum Gasteiger partial charge on any atom is -0.505 e. The Balaban J connectivity index is 2.56. The monoisotopic (exact) mass is 267 g/mol. The lowest BCUT2D eigenvalue weighted by molar-refractivity contribution is -0.384. The first-order valence-corrected chi connectivity index (χ1v) is 5.93. The number of ether oxygens (including phenoxy) is 1. The number of nitro benzene ring substituents is 1. The number of hydrogen-bond acceptors (Lipinski definition) is 6. The Morgan fingerprint density at radius 2 is 2.28 bits per heavy atom. The molecule has 0 fully saturated rings. The molecule has 7 heteroatoms. The largest absolute Gasteiger partial charge is 0.505 e. The third kappa shape index (κ3) is 2.00. The smallest absolute Gasteiger partial charge is 0.352 e. The van der Waals surface area contributed by atoms with Gasteiger partial charge in [0.2, 0.25) is 0 Å². The second-order valence-electron chi connectivity index (χ2n) is 3.44. The number of hydrogen-bond donors (Lipinski definition) is 1. The Morgan fingerprint density at radius 1 is 1.56 bits per heavy atom. The lowest BCUT2D eigenvalue weighted by atomic mass is 10.2. The van der Waals surface area contributed by atoms with Crippen molar-refractivity contribution in [3.63, 3.8) is 0 Å². The fourth-order valence-corrected chi connectivity index (χ4v) is 2.49. The van der Waals surface area contributed by atoms with Gasteiger partial charge in [0.05, 0.1) is 11.5 Å². The zero-order chi connectivity index (χ0) is 13.3. The van der Waals surface area contributed by atoms with Crippen molar-refractivity contribution in [3.05, 3.63) is 33.2 Å².